The van der Waals surface area contributed by atoms with Crippen molar-refractivity contribution in [3.8, 4) is 0 Å². The molecule has 7 heteroatoms. The third-order valence-electron chi connectivity index (χ3n) is 3.50. The Hall–Kier alpha value is -1.22. The van der Waals surface area contributed by atoms with Crippen molar-refractivity contribution < 1.29 is 4.39 Å². The highest BCUT2D eigenvalue weighted by atomic mass is 127. The zero-order valence-electron chi connectivity index (χ0n) is 14.2. The zero-order valence-corrected chi connectivity index (χ0v) is 17.4. The van der Waals surface area contributed by atoms with Crippen LogP contribution in [0.25, 0.3) is 0 Å². The summed E-state index contributed by atoms with van der Waals surface area (Å²) in [5.74, 6) is 0.527. The van der Waals surface area contributed by atoms with E-state index in [2.05, 4.69) is 32.9 Å². The third kappa shape index (κ3) is 6.35. The maximum atomic E-state index is 13.5. The van der Waals surface area contributed by atoms with Crippen LogP contribution in [0.1, 0.15) is 28.8 Å². The Labute approximate surface area is 164 Å². The van der Waals surface area contributed by atoms with E-state index in [4.69, 9.17) is 0 Å². The first kappa shape index (κ1) is 20.8. The van der Waals surface area contributed by atoms with Gasteiger partial charge in [0.2, 0.25) is 0 Å². The van der Waals surface area contributed by atoms with Gasteiger partial charge in [-0.25, -0.2) is 9.37 Å². The van der Waals surface area contributed by atoms with Crippen LogP contribution in [0.4, 0.5) is 4.39 Å². The Kier molecular flexibility index (Phi) is 9.20. The Morgan fingerprint density at radius 1 is 1.33 bits per heavy atom. The second-order valence-electron chi connectivity index (χ2n) is 5.27. The van der Waals surface area contributed by atoms with Gasteiger partial charge < -0.3 is 10.6 Å². The Bertz CT molecular complexity index is 672. The van der Waals surface area contributed by atoms with Crippen molar-refractivity contribution in [3.63, 3.8) is 0 Å². The molecule has 2 aromatic rings. The molecule has 0 unspecified atom stereocenters. The quantitative estimate of drug-likeness (QED) is 0.391. The predicted octanol–water partition coefficient (Wildman–Crippen LogP) is 3.68. The summed E-state index contributed by atoms with van der Waals surface area (Å²) in [6.45, 7) is 5.17. The molecule has 2 rings (SSSR count). The zero-order chi connectivity index (χ0) is 16.7. The van der Waals surface area contributed by atoms with Crippen LogP contribution in [0, 0.1) is 12.7 Å². The van der Waals surface area contributed by atoms with Gasteiger partial charge in [-0.1, -0.05) is 19.1 Å². The molecular weight excluding hydrogens is 438 g/mol. The molecule has 1 aromatic carbocycles. The van der Waals surface area contributed by atoms with Crippen molar-refractivity contribution >= 4 is 41.3 Å². The predicted molar refractivity (Wildman–Crippen MR) is 110 cm³/mol. The van der Waals surface area contributed by atoms with Crippen LogP contribution in [-0.2, 0) is 19.4 Å². The summed E-state index contributed by atoms with van der Waals surface area (Å²) in [6.07, 6.45) is 1.84. The number of thiazole rings is 1. The number of aromatic nitrogens is 1. The number of hydrogen-bond donors (Lipinski definition) is 2. The van der Waals surface area contributed by atoms with E-state index in [1.165, 1.54) is 5.01 Å². The third-order valence-corrected chi connectivity index (χ3v) is 4.54. The van der Waals surface area contributed by atoms with Gasteiger partial charge in [-0.2, -0.15) is 0 Å². The number of halogens is 2. The summed E-state index contributed by atoms with van der Waals surface area (Å²) < 4.78 is 13.5. The lowest BCUT2D eigenvalue weighted by Crippen LogP contribution is -2.37. The monoisotopic (exact) mass is 462 g/mol. The van der Waals surface area contributed by atoms with Crippen molar-refractivity contribution in [2.24, 2.45) is 4.99 Å². The fraction of sp³-hybridized carbons (Fsp3) is 0.412. The first-order chi connectivity index (χ1) is 11.1. The van der Waals surface area contributed by atoms with Crippen LogP contribution >= 0.6 is 35.3 Å². The molecule has 0 saturated carbocycles. The maximum absolute atomic E-state index is 13.5. The van der Waals surface area contributed by atoms with Crippen molar-refractivity contribution in [2.45, 2.75) is 33.2 Å². The van der Waals surface area contributed by atoms with Crippen molar-refractivity contribution in [1.82, 2.24) is 15.6 Å². The summed E-state index contributed by atoms with van der Waals surface area (Å²) in [5, 5.41) is 9.71. The summed E-state index contributed by atoms with van der Waals surface area (Å²) >= 11 is 1.70. The number of nitrogens with one attached hydrogen (secondary N) is 2. The molecular formula is C17H24FIN4S. The number of rotatable bonds is 6. The van der Waals surface area contributed by atoms with E-state index in [0.29, 0.717) is 18.1 Å². The second kappa shape index (κ2) is 10.6. The van der Waals surface area contributed by atoms with E-state index in [0.717, 1.165) is 30.6 Å². The smallest absolute Gasteiger partial charge is 0.191 e. The topological polar surface area (TPSA) is 49.3 Å². The summed E-state index contributed by atoms with van der Waals surface area (Å²) in [7, 11) is 1.73. The lowest BCUT2D eigenvalue weighted by molar-refractivity contribution is 0.615. The molecule has 0 aliphatic heterocycles. The van der Waals surface area contributed by atoms with Crippen molar-refractivity contribution in [1.29, 1.82) is 0 Å². The van der Waals surface area contributed by atoms with Gasteiger partial charge in [0.1, 0.15) is 5.82 Å². The Morgan fingerprint density at radius 2 is 2.12 bits per heavy atom. The minimum atomic E-state index is -0.178. The van der Waals surface area contributed by atoms with Crippen molar-refractivity contribution in [3.05, 3.63) is 51.2 Å². The number of hydrogen-bond acceptors (Lipinski definition) is 3. The van der Waals surface area contributed by atoms with E-state index in [1.54, 1.807) is 37.4 Å². The molecule has 0 amide bonds. The lowest BCUT2D eigenvalue weighted by atomic mass is 10.1. The van der Waals surface area contributed by atoms with Gasteiger partial charge in [0.15, 0.2) is 5.96 Å². The first-order valence-corrected chi connectivity index (χ1v) is 8.63. The number of aliphatic imine (C=N–C) groups is 1. The van der Waals surface area contributed by atoms with E-state index in [1.807, 2.05) is 6.07 Å². The molecule has 0 atom stereocenters. The second-order valence-corrected chi connectivity index (χ2v) is 6.21. The number of guanidine groups is 1. The number of aryl methyl sites for hydroxylation is 2. The summed E-state index contributed by atoms with van der Waals surface area (Å²) in [4.78, 5) is 8.72. The molecule has 0 spiro atoms. The van der Waals surface area contributed by atoms with Gasteiger partial charge in [0.05, 0.1) is 10.7 Å². The molecule has 24 heavy (non-hydrogen) atoms. The average molecular weight is 462 g/mol. The van der Waals surface area contributed by atoms with Gasteiger partial charge in [-0.15, -0.1) is 35.3 Å². The Balaban J connectivity index is 0.00000288. The highest BCUT2D eigenvalue weighted by Crippen LogP contribution is 2.10. The van der Waals surface area contributed by atoms with Crippen LogP contribution in [0.3, 0.4) is 0 Å². The lowest BCUT2D eigenvalue weighted by Gasteiger charge is -2.12. The molecule has 0 radical (unpaired) electrons. The minimum Gasteiger partial charge on any atom is -0.356 e. The minimum absolute atomic E-state index is 0. The fourth-order valence-electron chi connectivity index (χ4n) is 2.09. The van der Waals surface area contributed by atoms with Crippen LogP contribution in [0.15, 0.2) is 28.6 Å². The van der Waals surface area contributed by atoms with Gasteiger partial charge in [-0.05, 0) is 30.5 Å². The summed E-state index contributed by atoms with van der Waals surface area (Å²) in [5.41, 5.74) is 2.66. The molecule has 4 nitrogen and oxygen atoms in total. The number of nitrogens with zero attached hydrogens (tertiary/aromatic N) is 2. The molecule has 2 N–H and O–H groups in total. The van der Waals surface area contributed by atoms with E-state index in [9.17, 15) is 4.39 Å². The van der Waals surface area contributed by atoms with Crippen LogP contribution in [0.5, 0.6) is 0 Å². The first-order valence-electron chi connectivity index (χ1n) is 7.75. The van der Waals surface area contributed by atoms with Crippen molar-refractivity contribution in [2.75, 3.05) is 13.6 Å². The van der Waals surface area contributed by atoms with Crippen LogP contribution < -0.4 is 10.6 Å². The standard InChI is InChI=1S/C17H23FN4S.HI/c1-4-16-22-14(11-23-16)7-8-20-17(19-3)21-10-13-6-5-12(2)15(18)9-13;/h5-6,9,11H,4,7-8,10H2,1-3H3,(H2,19,20,21);1H. The van der Waals surface area contributed by atoms with Crippen LogP contribution in [-0.4, -0.2) is 24.5 Å². The van der Waals surface area contributed by atoms with Crippen LogP contribution in [0.2, 0.25) is 0 Å². The van der Waals surface area contributed by atoms with Gasteiger partial charge >= 0.3 is 0 Å². The molecule has 0 aliphatic rings. The molecule has 0 fully saturated rings. The molecule has 1 aromatic heterocycles. The average Bonchev–Trinajstić information content (AvgIpc) is 3.02. The molecule has 1 heterocycles. The van der Waals surface area contributed by atoms with E-state index < -0.39 is 0 Å². The van der Waals surface area contributed by atoms with E-state index >= 15 is 0 Å². The number of benzene rings is 1. The van der Waals surface area contributed by atoms with Gasteiger partial charge in [0.25, 0.3) is 0 Å². The van der Waals surface area contributed by atoms with Gasteiger partial charge in [0, 0.05) is 31.9 Å². The normalized spacial score (nSPS) is 11.1. The largest absolute Gasteiger partial charge is 0.356 e. The van der Waals surface area contributed by atoms with E-state index in [-0.39, 0.29) is 29.8 Å². The highest BCUT2D eigenvalue weighted by molar-refractivity contribution is 14.0. The highest BCUT2D eigenvalue weighted by Gasteiger charge is 2.03. The molecule has 0 bridgehead atoms. The Morgan fingerprint density at radius 3 is 2.75 bits per heavy atom. The summed E-state index contributed by atoms with van der Waals surface area (Å²) in [6, 6.07) is 5.26. The molecule has 0 aliphatic carbocycles. The fourth-order valence-corrected chi connectivity index (χ4v) is 2.87. The molecule has 132 valence electrons. The SMILES string of the molecule is CCc1nc(CCNC(=NC)NCc2ccc(C)c(F)c2)cs1.I. The molecule has 0 saturated heterocycles. The van der Waals surface area contributed by atoms with Gasteiger partial charge in [-0.3, -0.25) is 4.99 Å². The maximum Gasteiger partial charge on any atom is 0.191 e.